The number of benzene rings is 3. The fourth-order valence-electron chi connectivity index (χ4n) is 4.97. The van der Waals surface area contributed by atoms with Crippen molar-refractivity contribution in [1.29, 1.82) is 0 Å². The van der Waals surface area contributed by atoms with Crippen molar-refractivity contribution >= 4 is 34.8 Å². The molecular formula is C32H31N3O4S. The molecule has 40 heavy (non-hydrogen) atoms. The summed E-state index contributed by atoms with van der Waals surface area (Å²) in [4.78, 5) is 34.9. The Kier molecular flexibility index (Phi) is 7.98. The van der Waals surface area contributed by atoms with Gasteiger partial charge in [0.1, 0.15) is 5.75 Å². The maximum atomic E-state index is 14.0. The first kappa shape index (κ1) is 27.1. The van der Waals surface area contributed by atoms with Crippen molar-refractivity contribution in [2.24, 2.45) is 4.99 Å². The molecule has 2 heterocycles. The van der Waals surface area contributed by atoms with Crippen LogP contribution in [0.25, 0.3) is 11.8 Å². The third-order valence-corrected chi connectivity index (χ3v) is 7.90. The van der Waals surface area contributed by atoms with Gasteiger partial charge < -0.3 is 14.7 Å². The number of hydrogen-bond donors (Lipinski definition) is 1. The number of phenols is 1. The number of nitrogens with zero attached hydrogens (tertiary/aromatic N) is 3. The average molecular weight is 554 g/mol. The Balaban J connectivity index is 1.75. The van der Waals surface area contributed by atoms with Crippen LogP contribution in [0.5, 0.6) is 5.75 Å². The second-order valence-corrected chi connectivity index (χ2v) is 10.3. The zero-order valence-electron chi connectivity index (χ0n) is 22.7. The summed E-state index contributed by atoms with van der Waals surface area (Å²) in [6, 6.07) is 23.6. The third kappa shape index (κ3) is 5.10. The molecule has 1 aliphatic rings. The molecule has 0 unspecified atom stereocenters. The normalized spacial score (nSPS) is 15.0. The second-order valence-electron chi connectivity index (χ2n) is 9.26. The van der Waals surface area contributed by atoms with E-state index in [0.717, 1.165) is 29.9 Å². The largest absolute Gasteiger partial charge is 0.507 e. The number of carbonyl (C=O) groups is 1. The Morgan fingerprint density at radius 1 is 1.02 bits per heavy atom. The summed E-state index contributed by atoms with van der Waals surface area (Å²) < 4.78 is 7.46. The molecule has 1 aliphatic heterocycles. The number of anilines is 1. The molecule has 1 aromatic heterocycles. The second kappa shape index (κ2) is 11.8. The fraction of sp³-hybridized carbons (Fsp3) is 0.219. The molecule has 8 heteroatoms. The van der Waals surface area contributed by atoms with Crippen LogP contribution in [-0.2, 0) is 9.53 Å². The van der Waals surface area contributed by atoms with Crippen LogP contribution in [0.4, 0.5) is 5.69 Å². The first-order valence-electron chi connectivity index (χ1n) is 13.4. The summed E-state index contributed by atoms with van der Waals surface area (Å²) in [6.45, 7) is 7.71. The maximum Gasteiger partial charge on any atom is 0.338 e. The molecule has 1 N–H and O–H groups in total. The van der Waals surface area contributed by atoms with Gasteiger partial charge in [-0.1, -0.05) is 72.0 Å². The molecule has 0 amide bonds. The van der Waals surface area contributed by atoms with Gasteiger partial charge >= 0.3 is 5.97 Å². The van der Waals surface area contributed by atoms with Crippen LogP contribution in [0, 0.1) is 0 Å². The molecular weight excluding hydrogens is 522 g/mol. The molecule has 0 aliphatic carbocycles. The zero-order chi connectivity index (χ0) is 28.2. The van der Waals surface area contributed by atoms with Crippen molar-refractivity contribution < 1.29 is 14.6 Å². The minimum Gasteiger partial charge on any atom is -0.507 e. The molecule has 0 saturated heterocycles. The summed E-state index contributed by atoms with van der Waals surface area (Å²) in [5.41, 5.74) is 3.47. The van der Waals surface area contributed by atoms with E-state index >= 15 is 0 Å². The Hall–Kier alpha value is -4.43. The summed E-state index contributed by atoms with van der Waals surface area (Å²) >= 11 is 1.23. The predicted molar refractivity (Wildman–Crippen MR) is 159 cm³/mol. The molecule has 3 aromatic carbocycles. The van der Waals surface area contributed by atoms with Crippen LogP contribution in [0.3, 0.4) is 0 Å². The number of hydrogen-bond acceptors (Lipinski definition) is 7. The molecule has 0 radical (unpaired) electrons. The standard InChI is InChI=1S/C32H31N3O4S/c1-4-34(5-2)24-18-17-23(25(36)20-24)19-26-30(37)35-29(22-15-11-8-12-16-22)27(31(38)39-6-3)28(33-32(35)40-26)21-13-9-7-10-14-21/h7-20,29,36H,4-6H2,1-3H3/b26-19-/t29-/m1/s1. The lowest BCUT2D eigenvalue weighted by molar-refractivity contribution is -0.138. The molecule has 204 valence electrons. The van der Waals surface area contributed by atoms with Gasteiger partial charge in [-0.2, -0.15) is 0 Å². The number of esters is 1. The topological polar surface area (TPSA) is 84.1 Å². The Labute approximate surface area is 236 Å². The number of fused-ring (bicyclic) bond motifs is 1. The number of carbonyl (C=O) groups excluding carboxylic acids is 1. The molecule has 0 fully saturated rings. The van der Waals surface area contributed by atoms with E-state index in [0.29, 0.717) is 26.2 Å². The van der Waals surface area contributed by atoms with Crippen LogP contribution in [0.15, 0.2) is 94.2 Å². The van der Waals surface area contributed by atoms with Crippen molar-refractivity contribution in [3.8, 4) is 5.75 Å². The molecule has 0 saturated carbocycles. The van der Waals surface area contributed by atoms with Crippen LogP contribution in [-0.4, -0.2) is 35.3 Å². The number of thiazole rings is 1. The van der Waals surface area contributed by atoms with Gasteiger partial charge in [0.05, 0.1) is 28.5 Å². The maximum absolute atomic E-state index is 14.0. The lowest BCUT2D eigenvalue weighted by Gasteiger charge is -2.25. The molecule has 0 spiro atoms. The predicted octanol–water partition coefficient (Wildman–Crippen LogP) is 4.49. The van der Waals surface area contributed by atoms with Gasteiger partial charge in [0, 0.05) is 36.0 Å². The lowest BCUT2D eigenvalue weighted by atomic mass is 9.93. The summed E-state index contributed by atoms with van der Waals surface area (Å²) in [7, 11) is 0. The van der Waals surface area contributed by atoms with Crippen molar-refractivity contribution in [2.45, 2.75) is 26.8 Å². The number of phenolic OH excluding ortho intramolecular Hbond substituents is 1. The van der Waals surface area contributed by atoms with Gasteiger partial charge in [0.25, 0.3) is 5.56 Å². The summed E-state index contributed by atoms with van der Waals surface area (Å²) in [5, 5.41) is 10.8. The lowest BCUT2D eigenvalue weighted by Crippen LogP contribution is -2.40. The molecule has 1 atom stereocenters. The van der Waals surface area contributed by atoms with E-state index in [1.807, 2.05) is 72.8 Å². The van der Waals surface area contributed by atoms with E-state index < -0.39 is 12.0 Å². The molecule has 5 rings (SSSR count). The van der Waals surface area contributed by atoms with Gasteiger partial charge in [-0.25, -0.2) is 9.79 Å². The first-order chi connectivity index (χ1) is 19.5. The van der Waals surface area contributed by atoms with Crippen molar-refractivity contribution in [2.75, 3.05) is 24.6 Å². The van der Waals surface area contributed by atoms with E-state index in [1.54, 1.807) is 23.6 Å². The van der Waals surface area contributed by atoms with Crippen LogP contribution >= 0.6 is 11.3 Å². The fourth-order valence-corrected chi connectivity index (χ4v) is 5.96. The Morgan fingerprint density at radius 2 is 1.70 bits per heavy atom. The Bertz CT molecular complexity index is 1740. The summed E-state index contributed by atoms with van der Waals surface area (Å²) in [5.74, 6) is -0.426. The van der Waals surface area contributed by atoms with Gasteiger partial charge in [-0.3, -0.25) is 9.36 Å². The van der Waals surface area contributed by atoms with Crippen molar-refractivity contribution in [3.05, 3.63) is 121 Å². The number of rotatable bonds is 8. The Morgan fingerprint density at radius 3 is 2.33 bits per heavy atom. The first-order valence-corrected chi connectivity index (χ1v) is 14.2. The number of ether oxygens (including phenoxy) is 1. The smallest absolute Gasteiger partial charge is 0.338 e. The minimum atomic E-state index is -0.729. The van der Waals surface area contributed by atoms with Gasteiger partial charge in [0.15, 0.2) is 4.80 Å². The van der Waals surface area contributed by atoms with Gasteiger partial charge in [-0.15, -0.1) is 0 Å². The highest BCUT2D eigenvalue weighted by Crippen LogP contribution is 2.35. The van der Waals surface area contributed by atoms with E-state index in [-0.39, 0.29) is 17.9 Å². The SMILES string of the molecule is CCOC(=O)C1=C(c2ccccc2)N=c2s/c(=C\c3ccc(N(CC)CC)cc3O)c(=O)n2[C@@H]1c1ccccc1. The van der Waals surface area contributed by atoms with E-state index in [9.17, 15) is 14.7 Å². The highest BCUT2D eigenvalue weighted by molar-refractivity contribution is 7.07. The van der Waals surface area contributed by atoms with Gasteiger partial charge in [0.2, 0.25) is 0 Å². The van der Waals surface area contributed by atoms with Crippen molar-refractivity contribution in [1.82, 2.24) is 4.57 Å². The molecule has 0 bridgehead atoms. The highest BCUT2D eigenvalue weighted by Gasteiger charge is 2.35. The van der Waals surface area contributed by atoms with Crippen LogP contribution < -0.4 is 19.8 Å². The third-order valence-electron chi connectivity index (χ3n) is 6.92. The quantitative estimate of drug-likeness (QED) is 0.325. The van der Waals surface area contributed by atoms with Crippen LogP contribution in [0.2, 0.25) is 0 Å². The number of aromatic nitrogens is 1. The zero-order valence-corrected chi connectivity index (χ0v) is 23.5. The molecule has 4 aromatic rings. The average Bonchev–Trinajstić information content (AvgIpc) is 3.29. The van der Waals surface area contributed by atoms with E-state index in [4.69, 9.17) is 9.73 Å². The van der Waals surface area contributed by atoms with Crippen LogP contribution in [0.1, 0.15) is 43.5 Å². The monoisotopic (exact) mass is 553 g/mol. The highest BCUT2D eigenvalue weighted by atomic mass is 32.1. The van der Waals surface area contributed by atoms with E-state index in [2.05, 4.69) is 18.7 Å². The van der Waals surface area contributed by atoms with Crippen molar-refractivity contribution in [3.63, 3.8) is 0 Å². The summed E-state index contributed by atoms with van der Waals surface area (Å²) in [6.07, 6.45) is 1.68. The van der Waals surface area contributed by atoms with Gasteiger partial charge in [-0.05, 0) is 44.5 Å². The minimum absolute atomic E-state index is 0.0898. The number of aromatic hydroxyl groups is 1. The molecule has 7 nitrogen and oxygen atoms in total. The van der Waals surface area contributed by atoms with E-state index in [1.165, 1.54) is 11.3 Å².